The molecule has 0 rings (SSSR count). The van der Waals surface area contributed by atoms with E-state index in [1.807, 2.05) is 6.92 Å². The Hall–Kier alpha value is -1.10. The molecule has 0 heterocycles. The molecule has 0 aromatic carbocycles. The maximum absolute atomic E-state index is 11.3. The number of hydrogen-bond acceptors (Lipinski definition) is 3. The lowest BCUT2D eigenvalue weighted by Gasteiger charge is -2.14. The molecule has 0 fully saturated rings. The van der Waals surface area contributed by atoms with Crippen molar-refractivity contribution in [2.45, 2.75) is 25.8 Å². The summed E-state index contributed by atoms with van der Waals surface area (Å²) in [7, 11) is 3.34. The van der Waals surface area contributed by atoms with Crippen molar-refractivity contribution in [1.29, 1.82) is 0 Å². The van der Waals surface area contributed by atoms with Crippen LogP contribution in [0.4, 0.5) is 0 Å². The van der Waals surface area contributed by atoms with Gasteiger partial charge in [-0.05, 0) is 13.5 Å². The van der Waals surface area contributed by atoms with Gasteiger partial charge in [-0.2, -0.15) is 0 Å². The Kier molecular flexibility index (Phi) is 6.74. The standard InChI is InChI=1S/C9H19N3O2/c1-4-7(9(14)11-3)12-8(13)5-6-10-2/h7,10H,4-6H2,1-3H3,(H,11,14)(H,12,13). The Morgan fingerprint density at radius 3 is 2.36 bits per heavy atom. The molecule has 0 aliphatic carbocycles. The first-order chi connectivity index (χ1) is 6.65. The second kappa shape index (κ2) is 7.32. The van der Waals surface area contributed by atoms with Crippen molar-refractivity contribution in [3.8, 4) is 0 Å². The predicted molar refractivity (Wildman–Crippen MR) is 54.8 cm³/mol. The van der Waals surface area contributed by atoms with Crippen molar-refractivity contribution in [2.75, 3.05) is 20.6 Å². The van der Waals surface area contributed by atoms with Crippen molar-refractivity contribution in [1.82, 2.24) is 16.0 Å². The largest absolute Gasteiger partial charge is 0.357 e. The van der Waals surface area contributed by atoms with Crippen LogP contribution in [0.25, 0.3) is 0 Å². The van der Waals surface area contributed by atoms with E-state index in [1.165, 1.54) is 0 Å². The number of likely N-dealkylation sites (N-methyl/N-ethyl adjacent to an activating group) is 1. The normalized spacial score (nSPS) is 11.9. The molecular weight excluding hydrogens is 182 g/mol. The highest BCUT2D eigenvalue weighted by Crippen LogP contribution is 1.91. The SMILES string of the molecule is CCC(NC(=O)CCNC)C(=O)NC. The van der Waals surface area contributed by atoms with E-state index in [0.29, 0.717) is 19.4 Å². The van der Waals surface area contributed by atoms with Crippen LogP contribution in [0.1, 0.15) is 19.8 Å². The monoisotopic (exact) mass is 201 g/mol. The van der Waals surface area contributed by atoms with Crippen LogP contribution < -0.4 is 16.0 Å². The van der Waals surface area contributed by atoms with Crippen molar-refractivity contribution >= 4 is 11.8 Å². The average Bonchev–Trinajstić information content (AvgIpc) is 2.21. The van der Waals surface area contributed by atoms with E-state index < -0.39 is 6.04 Å². The minimum absolute atomic E-state index is 0.102. The smallest absolute Gasteiger partial charge is 0.242 e. The molecule has 1 atom stereocenters. The number of carbonyl (C=O) groups excluding carboxylic acids is 2. The molecular formula is C9H19N3O2. The summed E-state index contributed by atoms with van der Waals surface area (Å²) >= 11 is 0. The first kappa shape index (κ1) is 12.9. The fourth-order valence-corrected chi connectivity index (χ4v) is 1.03. The number of carbonyl (C=O) groups is 2. The number of rotatable bonds is 6. The maximum Gasteiger partial charge on any atom is 0.242 e. The molecule has 0 aromatic rings. The molecule has 2 amide bonds. The molecule has 1 unspecified atom stereocenters. The van der Waals surface area contributed by atoms with Crippen LogP contribution in [0.5, 0.6) is 0 Å². The van der Waals surface area contributed by atoms with Crippen molar-refractivity contribution in [2.24, 2.45) is 0 Å². The van der Waals surface area contributed by atoms with Gasteiger partial charge in [0.05, 0.1) is 0 Å². The topological polar surface area (TPSA) is 70.2 Å². The Labute approximate surface area is 84.6 Å². The summed E-state index contributed by atoms with van der Waals surface area (Å²) < 4.78 is 0. The third kappa shape index (κ3) is 4.81. The summed E-state index contributed by atoms with van der Waals surface area (Å²) in [6.45, 7) is 2.48. The molecule has 5 nitrogen and oxygen atoms in total. The summed E-state index contributed by atoms with van der Waals surface area (Å²) in [5.74, 6) is -0.250. The van der Waals surface area contributed by atoms with E-state index in [2.05, 4.69) is 16.0 Å². The molecule has 0 bridgehead atoms. The van der Waals surface area contributed by atoms with Crippen LogP contribution in [0.3, 0.4) is 0 Å². The Balaban J connectivity index is 3.92. The molecule has 14 heavy (non-hydrogen) atoms. The fourth-order valence-electron chi connectivity index (χ4n) is 1.03. The molecule has 82 valence electrons. The summed E-state index contributed by atoms with van der Waals surface area (Å²) in [6.07, 6.45) is 0.995. The van der Waals surface area contributed by atoms with Crippen molar-refractivity contribution in [3.05, 3.63) is 0 Å². The van der Waals surface area contributed by atoms with E-state index >= 15 is 0 Å². The zero-order chi connectivity index (χ0) is 11.0. The van der Waals surface area contributed by atoms with E-state index in [1.54, 1.807) is 14.1 Å². The van der Waals surface area contributed by atoms with Crippen molar-refractivity contribution < 1.29 is 9.59 Å². The van der Waals surface area contributed by atoms with Gasteiger partial charge in [0.15, 0.2) is 0 Å². The van der Waals surface area contributed by atoms with Crippen molar-refractivity contribution in [3.63, 3.8) is 0 Å². The average molecular weight is 201 g/mol. The minimum Gasteiger partial charge on any atom is -0.357 e. The van der Waals surface area contributed by atoms with Gasteiger partial charge in [0.1, 0.15) is 6.04 Å². The highest BCUT2D eigenvalue weighted by atomic mass is 16.2. The zero-order valence-corrected chi connectivity index (χ0v) is 9.02. The van der Waals surface area contributed by atoms with Gasteiger partial charge < -0.3 is 16.0 Å². The quantitative estimate of drug-likeness (QED) is 0.529. The van der Waals surface area contributed by atoms with Gasteiger partial charge in [0, 0.05) is 20.0 Å². The van der Waals surface area contributed by atoms with Gasteiger partial charge in [-0.3, -0.25) is 9.59 Å². The van der Waals surface area contributed by atoms with Gasteiger partial charge >= 0.3 is 0 Å². The highest BCUT2D eigenvalue weighted by molar-refractivity contribution is 5.87. The summed E-state index contributed by atoms with van der Waals surface area (Å²) in [4.78, 5) is 22.5. The van der Waals surface area contributed by atoms with Gasteiger partial charge in [-0.1, -0.05) is 6.92 Å². The molecule has 3 N–H and O–H groups in total. The molecule has 0 aromatic heterocycles. The van der Waals surface area contributed by atoms with E-state index in [4.69, 9.17) is 0 Å². The first-order valence-corrected chi connectivity index (χ1v) is 4.81. The fraction of sp³-hybridized carbons (Fsp3) is 0.778. The highest BCUT2D eigenvalue weighted by Gasteiger charge is 2.16. The van der Waals surface area contributed by atoms with Crippen LogP contribution in [0.2, 0.25) is 0 Å². The van der Waals surface area contributed by atoms with Crippen LogP contribution in [-0.4, -0.2) is 38.5 Å². The van der Waals surface area contributed by atoms with Gasteiger partial charge in [0.2, 0.25) is 11.8 Å². The molecule has 0 saturated carbocycles. The third-order valence-corrected chi connectivity index (χ3v) is 1.91. The Bertz CT molecular complexity index is 194. The molecule has 5 heteroatoms. The lowest BCUT2D eigenvalue weighted by Crippen LogP contribution is -2.45. The van der Waals surface area contributed by atoms with Crippen LogP contribution in [0, 0.1) is 0 Å². The third-order valence-electron chi connectivity index (χ3n) is 1.91. The molecule has 0 spiro atoms. The number of amides is 2. The summed E-state index contributed by atoms with van der Waals surface area (Å²) in [5, 5.41) is 8.04. The zero-order valence-electron chi connectivity index (χ0n) is 9.02. The Morgan fingerprint density at radius 2 is 1.93 bits per heavy atom. The Morgan fingerprint density at radius 1 is 1.29 bits per heavy atom. The van der Waals surface area contributed by atoms with Crippen LogP contribution >= 0.6 is 0 Å². The van der Waals surface area contributed by atoms with Gasteiger partial charge in [-0.25, -0.2) is 0 Å². The predicted octanol–water partition coefficient (Wildman–Crippen LogP) is -0.763. The molecule has 0 aliphatic rings. The molecule has 0 saturated heterocycles. The number of hydrogen-bond donors (Lipinski definition) is 3. The van der Waals surface area contributed by atoms with E-state index in [0.717, 1.165) is 0 Å². The number of nitrogens with one attached hydrogen (secondary N) is 3. The second-order valence-electron chi connectivity index (χ2n) is 3.00. The van der Waals surface area contributed by atoms with Crippen LogP contribution in [-0.2, 0) is 9.59 Å². The lowest BCUT2D eigenvalue weighted by molar-refractivity contribution is -0.128. The first-order valence-electron chi connectivity index (χ1n) is 4.81. The summed E-state index contributed by atoms with van der Waals surface area (Å²) in [5.41, 5.74) is 0. The molecule has 0 radical (unpaired) electrons. The minimum atomic E-state index is -0.413. The lowest BCUT2D eigenvalue weighted by atomic mass is 10.2. The van der Waals surface area contributed by atoms with E-state index in [-0.39, 0.29) is 11.8 Å². The van der Waals surface area contributed by atoms with E-state index in [9.17, 15) is 9.59 Å². The second-order valence-corrected chi connectivity index (χ2v) is 3.00. The van der Waals surface area contributed by atoms with Crippen LogP contribution in [0.15, 0.2) is 0 Å². The maximum atomic E-state index is 11.3. The molecule has 0 aliphatic heterocycles. The summed E-state index contributed by atoms with van der Waals surface area (Å²) in [6, 6.07) is -0.413. The van der Waals surface area contributed by atoms with Gasteiger partial charge in [0.25, 0.3) is 0 Å². The van der Waals surface area contributed by atoms with Gasteiger partial charge in [-0.15, -0.1) is 0 Å².